The Kier molecular flexibility index (Phi) is 2.82. The molecule has 0 aliphatic heterocycles. The van der Waals surface area contributed by atoms with Gasteiger partial charge < -0.3 is 0 Å². The number of hydrogen-bond donors (Lipinski definition) is 0. The molecule has 0 bridgehead atoms. The number of rotatable bonds is 2. The molecule has 2 heteroatoms. The van der Waals surface area contributed by atoms with E-state index in [1.165, 1.54) is 16.8 Å². The van der Waals surface area contributed by atoms with E-state index in [-0.39, 0.29) is 0 Å². The molecule has 0 aliphatic carbocycles. The summed E-state index contributed by atoms with van der Waals surface area (Å²) in [6.07, 6.45) is 1.05. The molecule has 0 spiro atoms. The molecule has 0 saturated heterocycles. The average Bonchev–Trinajstić information content (AvgIpc) is 2.55. The molecule has 1 heterocycles. The molecule has 84 valence electrons. The molecule has 0 N–H and O–H groups in total. The summed E-state index contributed by atoms with van der Waals surface area (Å²) in [5.41, 5.74) is 6.18. The summed E-state index contributed by atoms with van der Waals surface area (Å²) >= 11 is 0. The summed E-state index contributed by atoms with van der Waals surface area (Å²) in [7, 11) is 0. The van der Waals surface area contributed by atoms with Crippen LogP contribution in [0, 0.1) is 20.8 Å². The molecule has 0 amide bonds. The number of nitrogens with zero attached hydrogens (tertiary/aromatic N) is 2. The molecule has 1 aromatic heterocycles. The summed E-state index contributed by atoms with van der Waals surface area (Å²) in [5.74, 6) is 0. The Bertz CT molecular complexity index is 492. The topological polar surface area (TPSA) is 17.8 Å². The lowest BCUT2D eigenvalue weighted by molar-refractivity contribution is 0.832. The lowest BCUT2D eigenvalue weighted by Gasteiger charge is -2.05. The Morgan fingerprint density at radius 3 is 2.19 bits per heavy atom. The Hall–Kier alpha value is -1.57. The van der Waals surface area contributed by atoms with Crippen LogP contribution in [0.5, 0.6) is 0 Å². The quantitative estimate of drug-likeness (QED) is 0.749. The first-order valence-electron chi connectivity index (χ1n) is 5.75. The fraction of sp³-hybridized carbons (Fsp3) is 0.357. The van der Waals surface area contributed by atoms with E-state index in [1.807, 2.05) is 4.68 Å². The normalized spacial score (nSPS) is 10.8. The van der Waals surface area contributed by atoms with E-state index in [0.29, 0.717) is 0 Å². The maximum Gasteiger partial charge on any atom is 0.0649 e. The molecule has 0 fully saturated rings. The van der Waals surface area contributed by atoms with Crippen LogP contribution in [0.2, 0.25) is 0 Å². The summed E-state index contributed by atoms with van der Waals surface area (Å²) in [5, 5.41) is 4.60. The number of benzene rings is 1. The van der Waals surface area contributed by atoms with Gasteiger partial charge in [0.25, 0.3) is 0 Å². The van der Waals surface area contributed by atoms with Crippen molar-refractivity contribution in [2.45, 2.75) is 34.1 Å². The zero-order chi connectivity index (χ0) is 11.7. The van der Waals surface area contributed by atoms with Crippen molar-refractivity contribution in [3.63, 3.8) is 0 Å². The smallest absolute Gasteiger partial charge is 0.0649 e. The third-order valence-corrected chi connectivity index (χ3v) is 3.07. The van der Waals surface area contributed by atoms with E-state index in [2.05, 4.69) is 57.1 Å². The highest BCUT2D eigenvalue weighted by Crippen LogP contribution is 2.18. The number of aromatic nitrogens is 2. The zero-order valence-electron chi connectivity index (χ0n) is 10.4. The van der Waals surface area contributed by atoms with Gasteiger partial charge in [-0.1, -0.05) is 24.6 Å². The van der Waals surface area contributed by atoms with Crippen molar-refractivity contribution in [2.75, 3.05) is 0 Å². The highest BCUT2D eigenvalue weighted by molar-refractivity contribution is 5.38. The largest absolute Gasteiger partial charge is 0.238 e. The van der Waals surface area contributed by atoms with Gasteiger partial charge in [0, 0.05) is 5.69 Å². The van der Waals surface area contributed by atoms with Gasteiger partial charge in [0.1, 0.15) is 0 Å². The second-order valence-electron chi connectivity index (χ2n) is 4.25. The van der Waals surface area contributed by atoms with Crippen molar-refractivity contribution in [3.8, 4) is 5.69 Å². The second kappa shape index (κ2) is 4.12. The van der Waals surface area contributed by atoms with Crippen LogP contribution in [0.1, 0.15) is 29.4 Å². The summed E-state index contributed by atoms with van der Waals surface area (Å²) in [6.45, 7) is 8.49. The lowest BCUT2D eigenvalue weighted by atomic mass is 10.1. The first-order chi connectivity index (χ1) is 7.63. The van der Waals surface area contributed by atoms with Gasteiger partial charge in [-0.05, 0) is 44.9 Å². The van der Waals surface area contributed by atoms with Gasteiger partial charge in [0.05, 0.1) is 11.4 Å². The highest BCUT2D eigenvalue weighted by Gasteiger charge is 2.10. The zero-order valence-corrected chi connectivity index (χ0v) is 10.4. The van der Waals surface area contributed by atoms with Crippen molar-refractivity contribution >= 4 is 0 Å². The van der Waals surface area contributed by atoms with Gasteiger partial charge in [-0.25, -0.2) is 4.68 Å². The molecule has 2 aromatic rings. The van der Waals surface area contributed by atoms with E-state index < -0.39 is 0 Å². The average molecular weight is 214 g/mol. The van der Waals surface area contributed by atoms with Crippen molar-refractivity contribution < 1.29 is 0 Å². The fourth-order valence-electron chi connectivity index (χ4n) is 2.12. The first kappa shape index (κ1) is 10.9. The fourth-order valence-corrected chi connectivity index (χ4v) is 2.12. The van der Waals surface area contributed by atoms with Crippen LogP contribution in [0.15, 0.2) is 24.3 Å². The van der Waals surface area contributed by atoms with Crippen molar-refractivity contribution in [1.29, 1.82) is 0 Å². The van der Waals surface area contributed by atoms with Crippen LogP contribution in [0.3, 0.4) is 0 Å². The SMILES string of the molecule is CCc1c(C)nn(-c2ccc(C)cc2)c1C. The molecule has 0 atom stereocenters. The van der Waals surface area contributed by atoms with Crippen LogP contribution >= 0.6 is 0 Å². The molecule has 0 aliphatic rings. The van der Waals surface area contributed by atoms with Crippen molar-refractivity contribution in [3.05, 3.63) is 46.8 Å². The highest BCUT2D eigenvalue weighted by atomic mass is 15.3. The van der Waals surface area contributed by atoms with Gasteiger partial charge >= 0.3 is 0 Å². The minimum Gasteiger partial charge on any atom is -0.238 e. The molecule has 0 saturated carbocycles. The first-order valence-corrected chi connectivity index (χ1v) is 5.75. The third-order valence-electron chi connectivity index (χ3n) is 3.07. The van der Waals surface area contributed by atoms with Gasteiger partial charge in [0.15, 0.2) is 0 Å². The number of hydrogen-bond acceptors (Lipinski definition) is 1. The maximum absolute atomic E-state index is 4.60. The monoisotopic (exact) mass is 214 g/mol. The van der Waals surface area contributed by atoms with E-state index >= 15 is 0 Å². The molecule has 16 heavy (non-hydrogen) atoms. The predicted molar refractivity (Wildman–Crippen MR) is 67.2 cm³/mol. The van der Waals surface area contributed by atoms with E-state index in [0.717, 1.165) is 17.8 Å². The summed E-state index contributed by atoms with van der Waals surface area (Å²) in [4.78, 5) is 0. The van der Waals surface area contributed by atoms with Crippen LogP contribution in [-0.2, 0) is 6.42 Å². The maximum atomic E-state index is 4.60. The lowest BCUT2D eigenvalue weighted by Crippen LogP contribution is -1.99. The molecule has 0 unspecified atom stereocenters. The van der Waals surface area contributed by atoms with Gasteiger partial charge in [-0.3, -0.25) is 0 Å². The Morgan fingerprint density at radius 2 is 1.69 bits per heavy atom. The molecule has 1 aromatic carbocycles. The Labute approximate surface area is 96.9 Å². The summed E-state index contributed by atoms with van der Waals surface area (Å²) in [6, 6.07) is 8.48. The minimum absolute atomic E-state index is 1.05. The van der Waals surface area contributed by atoms with Gasteiger partial charge in [-0.2, -0.15) is 5.10 Å². The number of aryl methyl sites for hydroxylation is 2. The van der Waals surface area contributed by atoms with Gasteiger partial charge in [0.2, 0.25) is 0 Å². The third kappa shape index (κ3) is 1.75. The predicted octanol–water partition coefficient (Wildman–Crippen LogP) is 3.36. The molecular formula is C14H18N2. The van der Waals surface area contributed by atoms with E-state index in [4.69, 9.17) is 0 Å². The van der Waals surface area contributed by atoms with E-state index in [9.17, 15) is 0 Å². The van der Waals surface area contributed by atoms with Crippen LogP contribution in [0.25, 0.3) is 5.69 Å². The van der Waals surface area contributed by atoms with Crippen molar-refractivity contribution in [2.24, 2.45) is 0 Å². The minimum atomic E-state index is 1.05. The van der Waals surface area contributed by atoms with Crippen LogP contribution in [0.4, 0.5) is 0 Å². The molecule has 2 rings (SSSR count). The van der Waals surface area contributed by atoms with E-state index in [1.54, 1.807) is 0 Å². The Morgan fingerprint density at radius 1 is 1.06 bits per heavy atom. The summed E-state index contributed by atoms with van der Waals surface area (Å²) < 4.78 is 2.04. The molecule has 2 nitrogen and oxygen atoms in total. The molecular weight excluding hydrogens is 196 g/mol. The van der Waals surface area contributed by atoms with Crippen LogP contribution in [-0.4, -0.2) is 9.78 Å². The molecule has 0 radical (unpaired) electrons. The standard InChI is InChI=1S/C14H18N2/c1-5-14-11(3)15-16(12(14)4)13-8-6-10(2)7-9-13/h6-9H,5H2,1-4H3. The second-order valence-corrected chi connectivity index (χ2v) is 4.25. The van der Waals surface area contributed by atoms with Crippen molar-refractivity contribution in [1.82, 2.24) is 9.78 Å². The Balaban J connectivity index is 2.52. The van der Waals surface area contributed by atoms with Gasteiger partial charge in [-0.15, -0.1) is 0 Å². The van der Waals surface area contributed by atoms with Crippen LogP contribution < -0.4 is 0 Å².